The number of benzene rings is 3. The smallest absolute Gasteiger partial charge is 0.339 e. The molecule has 32 heavy (non-hydrogen) atoms. The third-order valence-electron chi connectivity index (χ3n) is 5.59. The molecule has 3 aromatic rings. The summed E-state index contributed by atoms with van der Waals surface area (Å²) >= 11 is 0. The van der Waals surface area contributed by atoms with Crippen molar-refractivity contribution in [2.75, 3.05) is 14.2 Å². The highest BCUT2D eigenvalue weighted by Crippen LogP contribution is 2.38. The van der Waals surface area contributed by atoms with Gasteiger partial charge in [-0.2, -0.15) is 0 Å². The van der Waals surface area contributed by atoms with Crippen molar-refractivity contribution in [3.8, 4) is 11.5 Å². The zero-order valence-corrected chi connectivity index (χ0v) is 17.3. The number of rotatable bonds is 6. The van der Waals surface area contributed by atoms with E-state index < -0.39 is 17.5 Å². The first-order valence-corrected chi connectivity index (χ1v) is 9.69. The predicted molar refractivity (Wildman–Crippen MR) is 114 cm³/mol. The van der Waals surface area contributed by atoms with Crippen LogP contribution < -0.4 is 9.47 Å². The SMILES string of the molecule is COc1cccc(C=O)c1Cc1c(C(=O)O)c(OC)cc2c1C(=O)c1ccccc1C2=O. The third-order valence-corrected chi connectivity index (χ3v) is 5.59. The van der Waals surface area contributed by atoms with E-state index in [4.69, 9.17) is 9.47 Å². The number of carbonyl (C=O) groups excluding carboxylic acids is 3. The Morgan fingerprint density at radius 2 is 1.53 bits per heavy atom. The van der Waals surface area contributed by atoms with Gasteiger partial charge < -0.3 is 14.6 Å². The lowest BCUT2D eigenvalue weighted by Crippen LogP contribution is -2.25. The lowest BCUT2D eigenvalue weighted by atomic mass is 9.78. The van der Waals surface area contributed by atoms with Gasteiger partial charge in [0, 0.05) is 39.8 Å². The largest absolute Gasteiger partial charge is 0.496 e. The molecule has 1 aliphatic rings. The van der Waals surface area contributed by atoms with Crippen molar-refractivity contribution in [1.82, 2.24) is 0 Å². The molecule has 4 rings (SSSR count). The summed E-state index contributed by atoms with van der Waals surface area (Å²) in [6, 6.07) is 12.5. The first kappa shape index (κ1) is 21.0. The molecule has 3 aromatic carbocycles. The van der Waals surface area contributed by atoms with E-state index in [2.05, 4.69) is 0 Å². The van der Waals surface area contributed by atoms with Gasteiger partial charge in [0.05, 0.1) is 14.2 Å². The van der Waals surface area contributed by atoms with Crippen LogP contribution in [0.4, 0.5) is 0 Å². The van der Waals surface area contributed by atoms with Crippen LogP contribution >= 0.6 is 0 Å². The normalized spacial score (nSPS) is 12.1. The van der Waals surface area contributed by atoms with Gasteiger partial charge in [-0.1, -0.05) is 36.4 Å². The molecule has 1 aliphatic carbocycles. The number of aromatic carboxylic acids is 1. The molecule has 0 spiro atoms. The van der Waals surface area contributed by atoms with E-state index in [1.54, 1.807) is 36.4 Å². The molecule has 0 radical (unpaired) electrons. The van der Waals surface area contributed by atoms with Crippen molar-refractivity contribution < 1.29 is 33.8 Å². The summed E-state index contributed by atoms with van der Waals surface area (Å²) in [5.41, 5.74) is 1.04. The van der Waals surface area contributed by atoms with E-state index >= 15 is 0 Å². The molecule has 7 nitrogen and oxygen atoms in total. The molecule has 7 heteroatoms. The van der Waals surface area contributed by atoms with Crippen molar-refractivity contribution in [3.05, 3.63) is 93.0 Å². The van der Waals surface area contributed by atoms with E-state index in [1.165, 1.54) is 26.4 Å². The zero-order valence-electron chi connectivity index (χ0n) is 17.3. The van der Waals surface area contributed by atoms with Gasteiger partial charge in [-0.15, -0.1) is 0 Å². The number of hydrogen-bond acceptors (Lipinski definition) is 6. The Bertz CT molecular complexity index is 1300. The molecule has 0 bridgehead atoms. The second-order valence-corrected chi connectivity index (χ2v) is 7.19. The number of carbonyl (C=O) groups is 4. The standard InChI is InChI=1S/C25H18O7/c1-31-19-9-5-6-13(12-26)16(19)10-17-21-18(11-20(32-2)22(17)25(29)30)23(27)14-7-3-4-8-15(14)24(21)28/h3-9,11-12H,10H2,1-2H3,(H,29,30). The first-order valence-electron chi connectivity index (χ1n) is 9.69. The van der Waals surface area contributed by atoms with Crippen molar-refractivity contribution in [2.45, 2.75) is 6.42 Å². The molecule has 1 N–H and O–H groups in total. The average Bonchev–Trinajstić information content (AvgIpc) is 2.81. The molecule has 0 atom stereocenters. The molecule has 0 aromatic heterocycles. The molecule has 0 aliphatic heterocycles. The van der Waals surface area contributed by atoms with Gasteiger partial charge in [0.25, 0.3) is 0 Å². The minimum Gasteiger partial charge on any atom is -0.496 e. The molecule has 0 fully saturated rings. The summed E-state index contributed by atoms with van der Waals surface area (Å²) in [5, 5.41) is 9.98. The van der Waals surface area contributed by atoms with Gasteiger partial charge >= 0.3 is 5.97 Å². The Kier molecular flexibility index (Phi) is 5.32. The van der Waals surface area contributed by atoms with Gasteiger partial charge in [-0.25, -0.2) is 4.79 Å². The second kappa shape index (κ2) is 8.11. The van der Waals surface area contributed by atoms with Crippen LogP contribution in [0.15, 0.2) is 48.5 Å². The lowest BCUT2D eigenvalue weighted by Gasteiger charge is -2.24. The summed E-state index contributed by atoms with van der Waals surface area (Å²) in [7, 11) is 2.72. The van der Waals surface area contributed by atoms with Crippen LogP contribution in [0.1, 0.15) is 63.7 Å². The molecular formula is C25H18O7. The highest BCUT2D eigenvalue weighted by atomic mass is 16.5. The van der Waals surface area contributed by atoms with Gasteiger partial charge in [0.2, 0.25) is 0 Å². The molecule has 0 unspecified atom stereocenters. The Balaban J connectivity index is 2.07. The third kappa shape index (κ3) is 3.15. The van der Waals surface area contributed by atoms with E-state index in [9.17, 15) is 24.3 Å². The van der Waals surface area contributed by atoms with Crippen LogP contribution in [0.25, 0.3) is 0 Å². The summed E-state index contributed by atoms with van der Waals surface area (Å²) in [6.07, 6.45) is 0.508. The number of fused-ring (bicyclic) bond motifs is 2. The fourth-order valence-corrected chi connectivity index (χ4v) is 4.13. The van der Waals surface area contributed by atoms with Crippen molar-refractivity contribution in [1.29, 1.82) is 0 Å². The topological polar surface area (TPSA) is 107 Å². The van der Waals surface area contributed by atoms with E-state index in [0.717, 1.165) is 0 Å². The van der Waals surface area contributed by atoms with E-state index in [1.807, 2.05) is 0 Å². The minimum absolute atomic E-state index is 0.00495. The van der Waals surface area contributed by atoms with Gasteiger partial charge in [-0.05, 0) is 17.7 Å². The monoisotopic (exact) mass is 430 g/mol. The first-order chi connectivity index (χ1) is 15.4. The van der Waals surface area contributed by atoms with Gasteiger partial charge in [0.15, 0.2) is 11.6 Å². The fraction of sp³-hybridized carbons (Fsp3) is 0.120. The number of aldehydes is 1. The molecule has 160 valence electrons. The summed E-state index contributed by atoms with van der Waals surface area (Å²) < 4.78 is 10.7. The highest BCUT2D eigenvalue weighted by Gasteiger charge is 2.36. The maximum atomic E-state index is 13.5. The summed E-state index contributed by atoms with van der Waals surface area (Å²) in [5.74, 6) is -1.87. The van der Waals surface area contributed by atoms with Crippen molar-refractivity contribution in [2.24, 2.45) is 0 Å². The average molecular weight is 430 g/mol. The van der Waals surface area contributed by atoms with Crippen LogP contribution in [-0.4, -0.2) is 43.1 Å². The van der Waals surface area contributed by atoms with E-state index in [0.29, 0.717) is 17.6 Å². The van der Waals surface area contributed by atoms with Crippen LogP contribution in [-0.2, 0) is 6.42 Å². The minimum atomic E-state index is -1.32. The van der Waals surface area contributed by atoms with Crippen LogP contribution in [0, 0.1) is 0 Å². The number of ether oxygens (including phenoxy) is 2. The molecule has 0 heterocycles. The lowest BCUT2D eigenvalue weighted by molar-refractivity contribution is 0.0691. The predicted octanol–water partition coefficient (Wildman–Crippen LogP) is 3.58. The van der Waals surface area contributed by atoms with E-state index in [-0.39, 0.29) is 51.1 Å². The fourth-order valence-electron chi connectivity index (χ4n) is 4.13. The molecule has 0 saturated heterocycles. The quantitative estimate of drug-likeness (QED) is 0.466. The number of carboxylic acid groups (broad SMARTS) is 1. The highest BCUT2D eigenvalue weighted by molar-refractivity contribution is 6.29. The zero-order chi connectivity index (χ0) is 23.0. The van der Waals surface area contributed by atoms with Crippen LogP contribution in [0.2, 0.25) is 0 Å². The molecule has 0 saturated carbocycles. The molecule has 0 amide bonds. The number of ketones is 2. The maximum absolute atomic E-state index is 13.5. The second-order valence-electron chi connectivity index (χ2n) is 7.19. The Morgan fingerprint density at radius 3 is 2.12 bits per heavy atom. The maximum Gasteiger partial charge on any atom is 0.339 e. The van der Waals surface area contributed by atoms with Gasteiger partial charge in [0.1, 0.15) is 23.3 Å². The van der Waals surface area contributed by atoms with Crippen molar-refractivity contribution in [3.63, 3.8) is 0 Å². The number of hydrogen-bond donors (Lipinski definition) is 1. The van der Waals surface area contributed by atoms with Crippen LogP contribution in [0.3, 0.4) is 0 Å². The van der Waals surface area contributed by atoms with Gasteiger partial charge in [-0.3, -0.25) is 14.4 Å². The Morgan fingerprint density at radius 1 is 0.875 bits per heavy atom. The number of methoxy groups -OCH3 is 2. The number of carboxylic acids is 1. The van der Waals surface area contributed by atoms with Crippen LogP contribution in [0.5, 0.6) is 11.5 Å². The summed E-state index contributed by atoms with van der Waals surface area (Å²) in [4.78, 5) is 50.6. The summed E-state index contributed by atoms with van der Waals surface area (Å²) in [6.45, 7) is 0. The Labute approximate surface area is 183 Å². The van der Waals surface area contributed by atoms with Crippen molar-refractivity contribution >= 4 is 23.8 Å². The molecular weight excluding hydrogens is 412 g/mol. The Hall–Kier alpha value is -4.26.